The van der Waals surface area contributed by atoms with E-state index in [9.17, 15) is 0 Å². The van der Waals surface area contributed by atoms with Gasteiger partial charge in [-0.25, -0.2) is 0 Å². The van der Waals surface area contributed by atoms with E-state index in [2.05, 4.69) is 13.8 Å². The van der Waals surface area contributed by atoms with Gasteiger partial charge in [0.1, 0.15) is 18.9 Å². The van der Waals surface area contributed by atoms with E-state index in [0.29, 0.717) is 22.4 Å². The number of quaternary nitrogens is 1. The van der Waals surface area contributed by atoms with Gasteiger partial charge in [-0.15, -0.1) is 0 Å². The second-order valence-corrected chi connectivity index (χ2v) is 4.47. The van der Waals surface area contributed by atoms with Gasteiger partial charge >= 0.3 is 0 Å². The lowest BCUT2D eigenvalue weighted by Gasteiger charge is -2.15. The summed E-state index contributed by atoms with van der Waals surface area (Å²) in [5.41, 5.74) is 0. The SMILES string of the molecule is CC[NH+](CC)CCOc1ccc(Cl)cc1Cl. The number of halogens is 2. The monoisotopic (exact) mass is 262 g/mol. The summed E-state index contributed by atoms with van der Waals surface area (Å²) < 4.78 is 5.61. The number of hydrogen-bond acceptors (Lipinski definition) is 1. The molecule has 0 amide bonds. The van der Waals surface area contributed by atoms with Gasteiger partial charge < -0.3 is 9.64 Å². The molecule has 0 fully saturated rings. The van der Waals surface area contributed by atoms with Gasteiger partial charge in [-0.3, -0.25) is 0 Å². The maximum absolute atomic E-state index is 6.00. The molecule has 0 aliphatic rings. The van der Waals surface area contributed by atoms with Crippen molar-refractivity contribution in [3.63, 3.8) is 0 Å². The highest BCUT2D eigenvalue weighted by Crippen LogP contribution is 2.27. The average molecular weight is 263 g/mol. The molecule has 2 nitrogen and oxygen atoms in total. The molecule has 4 heteroatoms. The van der Waals surface area contributed by atoms with Gasteiger partial charge in [-0.2, -0.15) is 0 Å². The van der Waals surface area contributed by atoms with E-state index in [1.165, 1.54) is 4.90 Å². The number of ether oxygens (including phenoxy) is 1. The normalized spacial score (nSPS) is 10.8. The fourth-order valence-corrected chi connectivity index (χ4v) is 1.96. The Kier molecular flexibility index (Phi) is 5.96. The van der Waals surface area contributed by atoms with Gasteiger partial charge in [-0.1, -0.05) is 23.2 Å². The molecule has 0 heterocycles. The lowest BCUT2D eigenvalue weighted by atomic mass is 10.3. The van der Waals surface area contributed by atoms with Crippen molar-refractivity contribution in [1.82, 2.24) is 0 Å². The molecule has 1 rings (SSSR count). The van der Waals surface area contributed by atoms with E-state index in [1.54, 1.807) is 12.1 Å². The first-order valence-corrected chi connectivity index (χ1v) is 6.34. The van der Waals surface area contributed by atoms with Crippen molar-refractivity contribution in [2.45, 2.75) is 13.8 Å². The zero-order valence-corrected chi connectivity index (χ0v) is 11.2. The van der Waals surface area contributed by atoms with Crippen molar-refractivity contribution < 1.29 is 9.64 Å². The highest BCUT2D eigenvalue weighted by Gasteiger charge is 2.05. The lowest BCUT2D eigenvalue weighted by molar-refractivity contribution is -0.896. The molecule has 16 heavy (non-hydrogen) atoms. The van der Waals surface area contributed by atoms with Gasteiger partial charge in [0, 0.05) is 5.02 Å². The van der Waals surface area contributed by atoms with Crippen LogP contribution < -0.4 is 9.64 Å². The Morgan fingerprint density at radius 2 is 1.88 bits per heavy atom. The van der Waals surface area contributed by atoms with Gasteiger partial charge in [0.2, 0.25) is 0 Å². The zero-order valence-electron chi connectivity index (χ0n) is 9.72. The second-order valence-electron chi connectivity index (χ2n) is 3.63. The Labute approximate surface area is 107 Å². The third-order valence-corrected chi connectivity index (χ3v) is 3.14. The molecule has 0 aliphatic heterocycles. The summed E-state index contributed by atoms with van der Waals surface area (Å²) in [6, 6.07) is 5.29. The van der Waals surface area contributed by atoms with Crippen LogP contribution in [0.5, 0.6) is 5.75 Å². The maximum Gasteiger partial charge on any atom is 0.138 e. The van der Waals surface area contributed by atoms with Crippen molar-refractivity contribution in [3.8, 4) is 5.75 Å². The largest absolute Gasteiger partial charge is 0.486 e. The minimum atomic E-state index is 0.571. The number of nitrogens with one attached hydrogen (secondary N) is 1. The van der Waals surface area contributed by atoms with E-state index in [-0.39, 0.29) is 0 Å². The first-order chi connectivity index (χ1) is 7.67. The van der Waals surface area contributed by atoms with Crippen LogP contribution in [0.2, 0.25) is 10.0 Å². The molecule has 0 atom stereocenters. The van der Waals surface area contributed by atoms with Crippen LogP contribution in [0.25, 0.3) is 0 Å². The second kappa shape index (κ2) is 7.00. The Morgan fingerprint density at radius 1 is 1.19 bits per heavy atom. The predicted molar refractivity (Wildman–Crippen MR) is 68.9 cm³/mol. The van der Waals surface area contributed by atoms with Crippen molar-refractivity contribution in [2.24, 2.45) is 0 Å². The van der Waals surface area contributed by atoms with Crippen LogP contribution in [-0.2, 0) is 0 Å². The zero-order chi connectivity index (χ0) is 12.0. The lowest BCUT2D eigenvalue weighted by Crippen LogP contribution is -3.12. The Bertz CT molecular complexity index is 327. The molecule has 0 saturated carbocycles. The summed E-state index contributed by atoms with van der Waals surface area (Å²) in [4.78, 5) is 1.52. The van der Waals surface area contributed by atoms with Crippen LogP contribution in [0, 0.1) is 0 Å². The third kappa shape index (κ3) is 4.20. The van der Waals surface area contributed by atoms with Crippen molar-refractivity contribution in [3.05, 3.63) is 28.2 Å². The van der Waals surface area contributed by atoms with Crippen LogP contribution in [0.3, 0.4) is 0 Å². The number of benzene rings is 1. The Hall–Kier alpha value is -0.440. The molecule has 0 aromatic heterocycles. The Morgan fingerprint density at radius 3 is 2.44 bits per heavy atom. The van der Waals surface area contributed by atoms with Gasteiger partial charge in [-0.05, 0) is 32.0 Å². The van der Waals surface area contributed by atoms with E-state index >= 15 is 0 Å². The van der Waals surface area contributed by atoms with Crippen LogP contribution in [-0.4, -0.2) is 26.2 Å². The molecule has 1 aromatic rings. The van der Waals surface area contributed by atoms with E-state index in [4.69, 9.17) is 27.9 Å². The van der Waals surface area contributed by atoms with Crippen LogP contribution in [0.15, 0.2) is 18.2 Å². The van der Waals surface area contributed by atoms with Crippen LogP contribution in [0.1, 0.15) is 13.8 Å². The fourth-order valence-electron chi connectivity index (χ4n) is 1.50. The van der Waals surface area contributed by atoms with Crippen LogP contribution >= 0.6 is 23.2 Å². The van der Waals surface area contributed by atoms with Gasteiger partial charge in [0.25, 0.3) is 0 Å². The number of hydrogen-bond donors (Lipinski definition) is 1. The average Bonchev–Trinajstić information content (AvgIpc) is 2.27. The van der Waals surface area contributed by atoms with Gasteiger partial charge in [0.15, 0.2) is 0 Å². The summed E-state index contributed by atoms with van der Waals surface area (Å²) >= 11 is 11.8. The molecular formula is C12H18Cl2NO+. The van der Waals surface area contributed by atoms with E-state index < -0.39 is 0 Å². The first-order valence-electron chi connectivity index (χ1n) is 5.58. The minimum Gasteiger partial charge on any atom is -0.486 e. The van der Waals surface area contributed by atoms with Crippen molar-refractivity contribution in [2.75, 3.05) is 26.2 Å². The van der Waals surface area contributed by atoms with Crippen LogP contribution in [0.4, 0.5) is 0 Å². The molecule has 0 spiro atoms. The summed E-state index contributed by atoms with van der Waals surface area (Å²) in [6.45, 7) is 8.26. The molecule has 90 valence electrons. The van der Waals surface area contributed by atoms with Gasteiger partial charge in [0.05, 0.1) is 18.1 Å². The van der Waals surface area contributed by atoms with Crippen molar-refractivity contribution in [1.29, 1.82) is 0 Å². The van der Waals surface area contributed by atoms with E-state index in [1.807, 2.05) is 6.07 Å². The predicted octanol–water partition coefficient (Wildman–Crippen LogP) is 2.30. The molecule has 0 unspecified atom stereocenters. The first kappa shape index (κ1) is 13.6. The smallest absolute Gasteiger partial charge is 0.138 e. The highest BCUT2D eigenvalue weighted by atomic mass is 35.5. The number of rotatable bonds is 6. The highest BCUT2D eigenvalue weighted by molar-refractivity contribution is 6.35. The summed E-state index contributed by atoms with van der Waals surface area (Å²) in [5.74, 6) is 0.706. The quantitative estimate of drug-likeness (QED) is 0.831. The Balaban J connectivity index is 2.42. The fraction of sp³-hybridized carbons (Fsp3) is 0.500. The molecule has 1 N–H and O–H groups in total. The molecule has 1 aromatic carbocycles. The topological polar surface area (TPSA) is 13.7 Å². The summed E-state index contributed by atoms with van der Waals surface area (Å²) in [5, 5.41) is 1.20. The minimum absolute atomic E-state index is 0.571. The summed E-state index contributed by atoms with van der Waals surface area (Å²) in [6.07, 6.45) is 0. The molecule has 0 aliphatic carbocycles. The molecule has 0 bridgehead atoms. The van der Waals surface area contributed by atoms with E-state index in [0.717, 1.165) is 19.6 Å². The molecular weight excluding hydrogens is 245 g/mol. The maximum atomic E-state index is 6.00. The standard InChI is InChI=1S/C12H17Cl2NO/c1-3-15(4-2)7-8-16-12-6-5-10(13)9-11(12)14/h5-6,9H,3-4,7-8H2,1-2H3/p+1. The van der Waals surface area contributed by atoms with Crippen molar-refractivity contribution >= 4 is 23.2 Å². The number of likely N-dealkylation sites (N-methyl/N-ethyl adjacent to an activating group) is 1. The third-order valence-electron chi connectivity index (χ3n) is 2.61. The molecule has 0 radical (unpaired) electrons. The molecule has 0 saturated heterocycles. The summed E-state index contributed by atoms with van der Waals surface area (Å²) in [7, 11) is 0.